The highest BCUT2D eigenvalue weighted by molar-refractivity contribution is 7.89. The van der Waals surface area contributed by atoms with Gasteiger partial charge in [0, 0.05) is 32.2 Å². The van der Waals surface area contributed by atoms with Crippen LogP contribution in [0, 0.1) is 11.6 Å². The molecule has 23 heavy (non-hydrogen) atoms. The molecule has 0 spiro atoms. The minimum absolute atomic E-state index is 0.251. The highest BCUT2D eigenvalue weighted by Crippen LogP contribution is 2.23. The zero-order chi connectivity index (χ0) is 16.4. The molecule has 1 saturated heterocycles. The maximum atomic E-state index is 13.8. The summed E-state index contributed by atoms with van der Waals surface area (Å²) < 4.78 is 53.2. The summed E-state index contributed by atoms with van der Waals surface area (Å²) in [7, 11) is -3.53. The van der Waals surface area contributed by atoms with Crippen molar-refractivity contribution in [3.63, 3.8) is 0 Å². The van der Waals surface area contributed by atoms with Gasteiger partial charge in [-0.2, -0.15) is 4.31 Å². The molecule has 2 aromatic carbocycles. The number of piperazine rings is 1. The largest absolute Gasteiger partial charge is 0.367 e. The topological polar surface area (TPSA) is 40.6 Å². The maximum absolute atomic E-state index is 13.8. The molecule has 4 nitrogen and oxygen atoms in total. The summed E-state index contributed by atoms with van der Waals surface area (Å²) in [4.78, 5) is 1.98. The summed E-state index contributed by atoms with van der Waals surface area (Å²) in [5.74, 6) is -1.26. The fraction of sp³-hybridized carbons (Fsp3) is 0.250. The average molecular weight is 338 g/mol. The van der Waals surface area contributed by atoms with Crippen molar-refractivity contribution in [2.75, 3.05) is 31.1 Å². The lowest BCUT2D eigenvalue weighted by Crippen LogP contribution is -2.48. The van der Waals surface area contributed by atoms with Crippen LogP contribution in [-0.4, -0.2) is 38.9 Å². The van der Waals surface area contributed by atoms with Gasteiger partial charge < -0.3 is 4.90 Å². The molecule has 0 radical (unpaired) electrons. The average Bonchev–Trinajstić information content (AvgIpc) is 2.56. The minimum atomic E-state index is -3.53. The fourth-order valence-corrected chi connectivity index (χ4v) is 4.09. The Morgan fingerprint density at radius 2 is 1.52 bits per heavy atom. The minimum Gasteiger partial charge on any atom is -0.367 e. The molecule has 1 heterocycles. The Kier molecular flexibility index (Phi) is 4.32. The van der Waals surface area contributed by atoms with Crippen molar-refractivity contribution in [3.05, 3.63) is 60.2 Å². The molecular formula is C16H16F2N2O2S. The van der Waals surface area contributed by atoms with Crippen LogP contribution in [0.1, 0.15) is 0 Å². The number of sulfonamides is 1. The summed E-state index contributed by atoms with van der Waals surface area (Å²) in [6.07, 6.45) is 0. The van der Waals surface area contributed by atoms with Crippen molar-refractivity contribution >= 4 is 15.7 Å². The molecule has 3 rings (SSSR count). The van der Waals surface area contributed by atoms with Gasteiger partial charge in [-0.05, 0) is 24.3 Å². The van der Waals surface area contributed by atoms with E-state index in [4.69, 9.17) is 0 Å². The van der Waals surface area contributed by atoms with Crippen LogP contribution in [0.4, 0.5) is 14.5 Å². The lowest BCUT2D eigenvalue weighted by molar-refractivity contribution is 0.383. The molecule has 122 valence electrons. The molecule has 0 aliphatic carbocycles. The van der Waals surface area contributed by atoms with Crippen LogP contribution in [0.3, 0.4) is 0 Å². The third-order valence-electron chi connectivity index (χ3n) is 3.87. The van der Waals surface area contributed by atoms with E-state index in [-0.39, 0.29) is 18.0 Å². The van der Waals surface area contributed by atoms with Crippen LogP contribution in [0.5, 0.6) is 0 Å². The van der Waals surface area contributed by atoms with Gasteiger partial charge in [0.2, 0.25) is 10.0 Å². The van der Waals surface area contributed by atoms with Crippen LogP contribution >= 0.6 is 0 Å². The first-order valence-corrected chi connectivity index (χ1v) is 8.68. The van der Waals surface area contributed by atoms with Crippen molar-refractivity contribution in [3.8, 4) is 0 Å². The summed E-state index contributed by atoms with van der Waals surface area (Å²) >= 11 is 0. The Bertz CT molecular complexity index is 789. The van der Waals surface area contributed by atoms with E-state index in [0.717, 1.165) is 6.07 Å². The van der Waals surface area contributed by atoms with Crippen LogP contribution < -0.4 is 4.90 Å². The first-order chi connectivity index (χ1) is 11.0. The molecule has 0 N–H and O–H groups in total. The Hall–Kier alpha value is -1.99. The third-order valence-corrected chi connectivity index (χ3v) is 5.78. The number of hydrogen-bond acceptors (Lipinski definition) is 3. The van der Waals surface area contributed by atoms with Crippen LogP contribution in [-0.2, 0) is 10.0 Å². The molecule has 1 aliphatic rings. The number of halogens is 2. The first kappa shape index (κ1) is 15.9. The van der Waals surface area contributed by atoms with Crippen LogP contribution in [0.2, 0.25) is 0 Å². The van der Waals surface area contributed by atoms with E-state index < -0.39 is 21.7 Å². The van der Waals surface area contributed by atoms with E-state index in [2.05, 4.69) is 0 Å². The third kappa shape index (κ3) is 3.20. The lowest BCUT2D eigenvalue weighted by atomic mass is 10.2. The van der Waals surface area contributed by atoms with Crippen molar-refractivity contribution < 1.29 is 17.2 Å². The second-order valence-corrected chi connectivity index (χ2v) is 7.24. The summed E-state index contributed by atoms with van der Waals surface area (Å²) in [6.45, 7) is 1.23. The summed E-state index contributed by atoms with van der Waals surface area (Å²) in [5, 5.41) is 0. The molecule has 0 saturated carbocycles. The van der Waals surface area contributed by atoms with Gasteiger partial charge >= 0.3 is 0 Å². The highest BCUT2D eigenvalue weighted by atomic mass is 32.2. The molecule has 1 aliphatic heterocycles. The molecule has 7 heteroatoms. The van der Waals surface area contributed by atoms with E-state index in [1.54, 1.807) is 35.2 Å². The van der Waals surface area contributed by atoms with Crippen molar-refractivity contribution in [2.24, 2.45) is 0 Å². The monoisotopic (exact) mass is 338 g/mol. The number of benzene rings is 2. The molecule has 0 bridgehead atoms. The molecule has 0 aromatic heterocycles. The van der Waals surface area contributed by atoms with Crippen molar-refractivity contribution in [1.82, 2.24) is 4.31 Å². The number of rotatable bonds is 3. The quantitative estimate of drug-likeness (QED) is 0.863. The van der Waals surface area contributed by atoms with E-state index in [0.29, 0.717) is 18.8 Å². The molecule has 1 fully saturated rings. The fourth-order valence-electron chi connectivity index (χ4n) is 2.65. The van der Waals surface area contributed by atoms with Gasteiger partial charge in [0.15, 0.2) is 0 Å². The van der Waals surface area contributed by atoms with Gasteiger partial charge in [0.05, 0.1) is 10.6 Å². The molecule has 2 aromatic rings. The van der Waals surface area contributed by atoms with Crippen molar-refractivity contribution in [2.45, 2.75) is 4.90 Å². The van der Waals surface area contributed by atoms with Gasteiger partial charge in [-0.1, -0.05) is 18.2 Å². The maximum Gasteiger partial charge on any atom is 0.243 e. The Labute approximate surface area is 134 Å². The Balaban J connectivity index is 1.74. The van der Waals surface area contributed by atoms with Gasteiger partial charge in [-0.3, -0.25) is 0 Å². The molecule has 0 unspecified atom stereocenters. The molecule has 0 amide bonds. The Morgan fingerprint density at radius 1 is 0.870 bits per heavy atom. The highest BCUT2D eigenvalue weighted by Gasteiger charge is 2.29. The van der Waals surface area contributed by atoms with Gasteiger partial charge in [0.1, 0.15) is 11.6 Å². The molecule has 0 atom stereocenters. The van der Waals surface area contributed by atoms with E-state index in [1.165, 1.54) is 16.4 Å². The number of hydrogen-bond donors (Lipinski definition) is 0. The number of anilines is 1. The smallest absolute Gasteiger partial charge is 0.243 e. The summed E-state index contributed by atoms with van der Waals surface area (Å²) in [5.41, 5.74) is 0.295. The zero-order valence-electron chi connectivity index (χ0n) is 12.3. The predicted octanol–water partition coefficient (Wildman–Crippen LogP) is 2.48. The van der Waals surface area contributed by atoms with Crippen LogP contribution in [0.25, 0.3) is 0 Å². The van der Waals surface area contributed by atoms with E-state index >= 15 is 0 Å². The number of nitrogens with zero attached hydrogens (tertiary/aromatic N) is 2. The summed E-state index contributed by atoms with van der Waals surface area (Å²) in [6, 6.07) is 11.6. The van der Waals surface area contributed by atoms with Gasteiger partial charge in [-0.15, -0.1) is 0 Å². The van der Waals surface area contributed by atoms with Gasteiger partial charge in [-0.25, -0.2) is 17.2 Å². The standard InChI is InChI=1S/C16H16F2N2O2S/c17-13-6-7-16(15(18)12-13)19-8-10-20(11-9-19)23(21,22)14-4-2-1-3-5-14/h1-7,12H,8-11H2. The lowest BCUT2D eigenvalue weighted by Gasteiger charge is -2.35. The Morgan fingerprint density at radius 3 is 2.13 bits per heavy atom. The normalized spacial score (nSPS) is 16.5. The second-order valence-electron chi connectivity index (χ2n) is 5.30. The van der Waals surface area contributed by atoms with Crippen LogP contribution in [0.15, 0.2) is 53.4 Å². The zero-order valence-corrected chi connectivity index (χ0v) is 13.1. The first-order valence-electron chi connectivity index (χ1n) is 7.24. The van der Waals surface area contributed by atoms with Crippen molar-refractivity contribution in [1.29, 1.82) is 0 Å². The van der Waals surface area contributed by atoms with Gasteiger partial charge in [0.25, 0.3) is 0 Å². The van der Waals surface area contributed by atoms with E-state index in [1.807, 2.05) is 0 Å². The SMILES string of the molecule is O=S(=O)(c1ccccc1)N1CCN(c2ccc(F)cc2F)CC1. The predicted molar refractivity (Wildman–Crippen MR) is 83.8 cm³/mol. The molecular weight excluding hydrogens is 322 g/mol. The second kappa shape index (κ2) is 6.25. The van der Waals surface area contributed by atoms with E-state index in [9.17, 15) is 17.2 Å².